The second-order valence-electron chi connectivity index (χ2n) is 4.88. The van der Waals surface area contributed by atoms with Gasteiger partial charge in [0.2, 0.25) is 0 Å². The Bertz CT molecular complexity index is 101. The Balaban J connectivity index is 0.000000264. The minimum absolute atomic E-state index is 1.18. The number of hydrogen-bond acceptors (Lipinski definition) is 2. The zero-order valence-electron chi connectivity index (χ0n) is 7.58. The molecule has 2 nitrogen and oxygen atoms in total. The van der Waals surface area contributed by atoms with Gasteiger partial charge in [-0.25, -0.2) is 5.90 Å². The van der Waals surface area contributed by atoms with E-state index in [0.29, 0.717) is 0 Å². The van der Waals surface area contributed by atoms with Crippen molar-refractivity contribution >= 4 is 0 Å². The van der Waals surface area contributed by atoms with Crippen LogP contribution in [0.15, 0.2) is 0 Å². The molecular formula is C10H19NO. The first kappa shape index (κ1) is 8.52. The Kier molecular flexibility index (Phi) is 2.37. The summed E-state index contributed by atoms with van der Waals surface area (Å²) in [6.07, 6.45) is 9.62. The van der Waals surface area contributed by atoms with Crippen LogP contribution in [0.3, 0.4) is 0 Å². The Labute approximate surface area is 74.1 Å². The second kappa shape index (κ2) is 3.35. The molecule has 3 N–H and O–H groups in total. The standard InChI is InChI=1S/C10H16.H3NO/c1-7-2-9-4-8(1)5-10(3-7)6-9;1-2/h7-10H,1-6H2;2H,1H2. The molecule has 4 rings (SSSR count). The van der Waals surface area contributed by atoms with Crippen LogP contribution in [0.25, 0.3) is 0 Å². The highest BCUT2D eigenvalue weighted by Crippen LogP contribution is 2.53. The van der Waals surface area contributed by atoms with Gasteiger partial charge < -0.3 is 5.21 Å². The van der Waals surface area contributed by atoms with E-state index in [1.165, 1.54) is 23.7 Å². The van der Waals surface area contributed by atoms with Crippen molar-refractivity contribution in [1.29, 1.82) is 0 Å². The highest BCUT2D eigenvalue weighted by Gasteiger charge is 2.41. The third kappa shape index (κ3) is 1.38. The minimum atomic E-state index is 1.18. The average molecular weight is 169 g/mol. The molecule has 2 heteroatoms. The van der Waals surface area contributed by atoms with Crippen LogP contribution in [-0.2, 0) is 0 Å². The quantitative estimate of drug-likeness (QED) is 0.546. The first-order valence-electron chi connectivity index (χ1n) is 5.16. The summed E-state index contributed by atoms with van der Waals surface area (Å²) in [6, 6.07) is 0. The van der Waals surface area contributed by atoms with Crippen molar-refractivity contribution in [1.82, 2.24) is 0 Å². The SMILES string of the molecule is C1C2CC3CC1CC(C2)C3.NO. The molecule has 0 aromatic rings. The Morgan fingerprint density at radius 2 is 0.750 bits per heavy atom. The molecule has 0 aliphatic heterocycles. The summed E-state index contributed by atoms with van der Waals surface area (Å²) >= 11 is 0. The van der Waals surface area contributed by atoms with Gasteiger partial charge in [0.15, 0.2) is 0 Å². The van der Waals surface area contributed by atoms with Crippen molar-refractivity contribution in [2.24, 2.45) is 29.6 Å². The molecule has 0 heterocycles. The summed E-state index contributed by atoms with van der Waals surface area (Å²) in [5, 5.41) is 6.50. The van der Waals surface area contributed by atoms with Gasteiger partial charge in [-0.1, -0.05) is 0 Å². The third-order valence-corrected chi connectivity index (χ3v) is 4.00. The molecule has 0 unspecified atom stereocenters. The van der Waals surface area contributed by atoms with E-state index in [0.717, 1.165) is 0 Å². The number of hydrogen-bond donors (Lipinski definition) is 2. The first-order chi connectivity index (χ1) is 5.90. The van der Waals surface area contributed by atoms with Crippen LogP contribution in [0, 0.1) is 23.7 Å². The van der Waals surface area contributed by atoms with Gasteiger partial charge in [0.25, 0.3) is 0 Å². The summed E-state index contributed by atoms with van der Waals surface area (Å²) in [6.45, 7) is 0. The molecule has 0 radical (unpaired) electrons. The van der Waals surface area contributed by atoms with Gasteiger partial charge in [0.05, 0.1) is 0 Å². The molecule has 0 atom stereocenters. The van der Waals surface area contributed by atoms with Gasteiger partial charge in [-0.15, -0.1) is 0 Å². The second-order valence-corrected chi connectivity index (χ2v) is 4.88. The van der Waals surface area contributed by atoms with Gasteiger partial charge in [0.1, 0.15) is 0 Å². The van der Waals surface area contributed by atoms with E-state index in [4.69, 9.17) is 5.21 Å². The van der Waals surface area contributed by atoms with Crippen molar-refractivity contribution < 1.29 is 5.21 Å². The molecule has 12 heavy (non-hydrogen) atoms. The van der Waals surface area contributed by atoms with Gasteiger partial charge >= 0.3 is 0 Å². The molecule has 0 aromatic heterocycles. The molecule has 4 bridgehead atoms. The topological polar surface area (TPSA) is 46.2 Å². The van der Waals surface area contributed by atoms with Crippen LogP contribution >= 0.6 is 0 Å². The Hall–Kier alpha value is -0.0800. The predicted octanol–water partition coefficient (Wildman–Crippen LogP) is 2.17. The fourth-order valence-corrected chi connectivity index (χ4v) is 3.98. The van der Waals surface area contributed by atoms with E-state index in [9.17, 15) is 0 Å². The maximum absolute atomic E-state index is 6.50. The molecule has 4 aliphatic carbocycles. The van der Waals surface area contributed by atoms with Gasteiger partial charge in [0, 0.05) is 0 Å². The monoisotopic (exact) mass is 169 g/mol. The lowest BCUT2D eigenvalue weighted by atomic mass is 9.56. The van der Waals surface area contributed by atoms with Crippen molar-refractivity contribution in [3.63, 3.8) is 0 Å². The molecule has 0 saturated heterocycles. The molecule has 0 amide bonds. The highest BCUT2D eigenvalue weighted by atomic mass is 16.4. The van der Waals surface area contributed by atoms with Crippen LogP contribution in [-0.4, -0.2) is 5.21 Å². The molecule has 70 valence electrons. The van der Waals surface area contributed by atoms with Crippen LogP contribution in [0.4, 0.5) is 0 Å². The van der Waals surface area contributed by atoms with Gasteiger partial charge in [-0.2, -0.15) is 0 Å². The summed E-state index contributed by atoms with van der Waals surface area (Å²) in [5.74, 6) is 8.21. The molecule has 0 aromatic carbocycles. The van der Waals surface area contributed by atoms with Crippen molar-refractivity contribution in [2.45, 2.75) is 38.5 Å². The smallest absolute Gasteiger partial charge is 0.0406 e. The van der Waals surface area contributed by atoms with Crippen LogP contribution in [0.5, 0.6) is 0 Å². The maximum atomic E-state index is 6.50. The minimum Gasteiger partial charge on any atom is -0.320 e. The van der Waals surface area contributed by atoms with Crippen LogP contribution in [0.1, 0.15) is 38.5 Å². The fourth-order valence-electron chi connectivity index (χ4n) is 3.98. The fraction of sp³-hybridized carbons (Fsp3) is 1.00. The van der Waals surface area contributed by atoms with Crippen LogP contribution in [0.2, 0.25) is 0 Å². The van der Waals surface area contributed by atoms with Crippen molar-refractivity contribution in [3.05, 3.63) is 0 Å². The summed E-state index contributed by atoms with van der Waals surface area (Å²) in [7, 11) is 0. The van der Waals surface area contributed by atoms with E-state index < -0.39 is 0 Å². The predicted molar refractivity (Wildman–Crippen MR) is 47.6 cm³/mol. The van der Waals surface area contributed by atoms with E-state index in [1.54, 1.807) is 38.5 Å². The molecule has 4 fully saturated rings. The van der Waals surface area contributed by atoms with E-state index in [1.807, 2.05) is 0 Å². The zero-order valence-corrected chi connectivity index (χ0v) is 7.58. The largest absolute Gasteiger partial charge is 0.320 e. The zero-order chi connectivity index (χ0) is 8.55. The Morgan fingerprint density at radius 1 is 0.583 bits per heavy atom. The van der Waals surface area contributed by atoms with Crippen molar-refractivity contribution in [3.8, 4) is 0 Å². The maximum Gasteiger partial charge on any atom is -0.0406 e. The summed E-state index contributed by atoms with van der Waals surface area (Å²) < 4.78 is 0. The summed E-state index contributed by atoms with van der Waals surface area (Å²) in [4.78, 5) is 0. The molecular weight excluding hydrogens is 150 g/mol. The molecule has 4 aliphatic rings. The number of nitrogens with two attached hydrogens (primary N) is 1. The molecule has 4 saturated carbocycles. The van der Waals surface area contributed by atoms with Crippen LogP contribution < -0.4 is 5.90 Å². The van der Waals surface area contributed by atoms with Gasteiger partial charge in [-0.3, -0.25) is 0 Å². The van der Waals surface area contributed by atoms with Gasteiger partial charge in [-0.05, 0) is 62.2 Å². The van der Waals surface area contributed by atoms with E-state index in [-0.39, 0.29) is 0 Å². The summed E-state index contributed by atoms with van der Waals surface area (Å²) in [5.41, 5.74) is 0. The lowest BCUT2D eigenvalue weighted by molar-refractivity contribution is 0.0198. The average Bonchev–Trinajstić information content (AvgIpc) is 2.05. The lowest BCUT2D eigenvalue weighted by Gasteiger charge is -2.49. The number of rotatable bonds is 0. The highest BCUT2D eigenvalue weighted by molar-refractivity contribution is 4.92. The first-order valence-corrected chi connectivity index (χ1v) is 5.16. The Morgan fingerprint density at radius 3 is 0.917 bits per heavy atom. The van der Waals surface area contributed by atoms with E-state index in [2.05, 4.69) is 5.90 Å². The third-order valence-electron chi connectivity index (χ3n) is 4.00. The lowest BCUT2D eigenvalue weighted by Crippen LogP contribution is -2.38. The molecule has 0 spiro atoms. The normalized spacial score (nSPS) is 48.5. The van der Waals surface area contributed by atoms with Crippen molar-refractivity contribution in [2.75, 3.05) is 0 Å². The van der Waals surface area contributed by atoms with E-state index >= 15 is 0 Å².